The van der Waals surface area contributed by atoms with Crippen molar-refractivity contribution < 1.29 is 9.47 Å². The SMILES string of the molecule is CCN(CC)c1ncc(-c2cccc(C#N)c2)c2c(OC)cc(OC)cc12. The van der Waals surface area contributed by atoms with Crippen LogP contribution in [0.1, 0.15) is 19.4 Å². The largest absolute Gasteiger partial charge is 0.497 e. The van der Waals surface area contributed by atoms with Crippen LogP contribution in [-0.2, 0) is 0 Å². The van der Waals surface area contributed by atoms with Gasteiger partial charge in [-0.05, 0) is 37.6 Å². The summed E-state index contributed by atoms with van der Waals surface area (Å²) in [5, 5.41) is 11.2. The van der Waals surface area contributed by atoms with Crippen LogP contribution in [0.3, 0.4) is 0 Å². The van der Waals surface area contributed by atoms with Crippen molar-refractivity contribution in [1.29, 1.82) is 5.26 Å². The third kappa shape index (κ3) is 3.39. The predicted molar refractivity (Wildman–Crippen MR) is 109 cm³/mol. The van der Waals surface area contributed by atoms with E-state index < -0.39 is 0 Å². The van der Waals surface area contributed by atoms with Gasteiger partial charge in [-0.3, -0.25) is 0 Å². The van der Waals surface area contributed by atoms with Gasteiger partial charge in [-0.15, -0.1) is 0 Å². The summed E-state index contributed by atoms with van der Waals surface area (Å²) >= 11 is 0. The molecule has 0 spiro atoms. The van der Waals surface area contributed by atoms with Gasteiger partial charge in [0.05, 0.1) is 25.9 Å². The summed E-state index contributed by atoms with van der Waals surface area (Å²) in [6.07, 6.45) is 1.86. The Bertz CT molecular complexity index is 1000. The Labute approximate surface area is 159 Å². The highest BCUT2D eigenvalue weighted by atomic mass is 16.5. The standard InChI is InChI=1S/C22H23N3O2/c1-5-25(6-2)22-18-11-17(26-3)12-20(27-4)21(18)19(14-24-22)16-9-7-8-15(10-16)13-23/h7-12,14H,5-6H2,1-4H3. The predicted octanol–water partition coefficient (Wildman–Crippen LogP) is 4.64. The summed E-state index contributed by atoms with van der Waals surface area (Å²) in [5.74, 6) is 2.34. The van der Waals surface area contributed by atoms with Crippen LogP contribution in [0.15, 0.2) is 42.6 Å². The molecular formula is C22H23N3O2. The van der Waals surface area contributed by atoms with Crippen molar-refractivity contribution in [2.45, 2.75) is 13.8 Å². The molecule has 0 amide bonds. The lowest BCUT2D eigenvalue weighted by molar-refractivity contribution is 0.398. The maximum Gasteiger partial charge on any atom is 0.136 e. The fraction of sp³-hybridized carbons (Fsp3) is 0.273. The monoisotopic (exact) mass is 361 g/mol. The Morgan fingerprint density at radius 1 is 1.07 bits per heavy atom. The van der Waals surface area contributed by atoms with Gasteiger partial charge >= 0.3 is 0 Å². The third-order valence-corrected chi connectivity index (χ3v) is 4.72. The first-order valence-electron chi connectivity index (χ1n) is 8.97. The number of benzene rings is 2. The summed E-state index contributed by atoms with van der Waals surface area (Å²) in [6, 6.07) is 13.6. The van der Waals surface area contributed by atoms with Gasteiger partial charge in [0.1, 0.15) is 17.3 Å². The van der Waals surface area contributed by atoms with Gasteiger partial charge in [0.15, 0.2) is 0 Å². The Morgan fingerprint density at radius 2 is 1.85 bits per heavy atom. The van der Waals surface area contributed by atoms with E-state index in [1.165, 1.54) is 0 Å². The summed E-state index contributed by atoms with van der Waals surface area (Å²) in [4.78, 5) is 6.97. The van der Waals surface area contributed by atoms with Crippen LogP contribution in [0.2, 0.25) is 0 Å². The molecule has 1 heterocycles. The number of aromatic nitrogens is 1. The van der Waals surface area contributed by atoms with Gasteiger partial charge in [0.2, 0.25) is 0 Å². The molecule has 0 radical (unpaired) electrons. The average Bonchev–Trinajstić information content (AvgIpc) is 2.73. The van der Waals surface area contributed by atoms with Crippen molar-refractivity contribution in [2.75, 3.05) is 32.2 Å². The minimum absolute atomic E-state index is 0.612. The number of nitriles is 1. The van der Waals surface area contributed by atoms with Crippen molar-refractivity contribution in [2.24, 2.45) is 0 Å². The Hall–Kier alpha value is -3.26. The molecule has 5 nitrogen and oxygen atoms in total. The molecule has 138 valence electrons. The fourth-order valence-electron chi connectivity index (χ4n) is 3.33. The normalized spacial score (nSPS) is 10.5. The van der Waals surface area contributed by atoms with Crippen molar-refractivity contribution in [3.63, 3.8) is 0 Å². The first-order chi connectivity index (χ1) is 13.2. The van der Waals surface area contributed by atoms with Crippen molar-refractivity contribution >= 4 is 16.6 Å². The van der Waals surface area contributed by atoms with Crippen LogP contribution in [0, 0.1) is 11.3 Å². The van der Waals surface area contributed by atoms with Crippen LogP contribution in [0.25, 0.3) is 21.9 Å². The zero-order valence-corrected chi connectivity index (χ0v) is 16.1. The second kappa shape index (κ2) is 7.96. The molecule has 5 heteroatoms. The minimum Gasteiger partial charge on any atom is -0.497 e. The minimum atomic E-state index is 0.612. The van der Waals surface area contributed by atoms with Crippen LogP contribution < -0.4 is 14.4 Å². The van der Waals surface area contributed by atoms with Crippen molar-refractivity contribution in [3.8, 4) is 28.7 Å². The van der Waals surface area contributed by atoms with E-state index in [-0.39, 0.29) is 0 Å². The molecule has 3 rings (SSSR count). The zero-order valence-electron chi connectivity index (χ0n) is 16.1. The Morgan fingerprint density at radius 3 is 2.48 bits per heavy atom. The second-order valence-corrected chi connectivity index (χ2v) is 6.11. The lowest BCUT2D eigenvalue weighted by atomic mass is 9.97. The maximum absolute atomic E-state index is 9.26. The molecule has 3 aromatic rings. The molecule has 27 heavy (non-hydrogen) atoms. The maximum atomic E-state index is 9.26. The number of pyridine rings is 1. The number of rotatable bonds is 6. The first kappa shape index (κ1) is 18.5. The molecule has 0 fully saturated rings. The van der Waals surface area contributed by atoms with Crippen molar-refractivity contribution in [3.05, 3.63) is 48.2 Å². The van der Waals surface area contributed by atoms with Gasteiger partial charge < -0.3 is 14.4 Å². The number of nitrogens with zero attached hydrogens (tertiary/aromatic N) is 3. The molecule has 0 N–H and O–H groups in total. The molecule has 0 bridgehead atoms. The first-order valence-corrected chi connectivity index (χ1v) is 8.97. The van der Waals surface area contributed by atoms with E-state index >= 15 is 0 Å². The van der Waals surface area contributed by atoms with E-state index in [2.05, 4.69) is 24.8 Å². The lowest BCUT2D eigenvalue weighted by Gasteiger charge is -2.23. The van der Waals surface area contributed by atoms with Crippen LogP contribution >= 0.6 is 0 Å². The smallest absolute Gasteiger partial charge is 0.136 e. The molecule has 0 saturated carbocycles. The van der Waals surface area contributed by atoms with Gasteiger partial charge in [-0.2, -0.15) is 5.26 Å². The lowest BCUT2D eigenvalue weighted by Crippen LogP contribution is -2.23. The Kier molecular flexibility index (Phi) is 5.46. The molecule has 2 aromatic carbocycles. The summed E-state index contributed by atoms with van der Waals surface area (Å²) in [6.45, 7) is 5.92. The molecule has 1 aromatic heterocycles. The number of methoxy groups -OCH3 is 2. The number of ether oxygens (including phenoxy) is 2. The molecule has 0 atom stereocenters. The molecule has 0 saturated heterocycles. The number of hydrogen-bond acceptors (Lipinski definition) is 5. The average molecular weight is 361 g/mol. The van der Waals surface area contributed by atoms with Gasteiger partial charge in [-0.25, -0.2) is 4.98 Å². The molecule has 0 aliphatic carbocycles. The highest BCUT2D eigenvalue weighted by molar-refractivity contribution is 6.06. The van der Waals surface area contributed by atoms with E-state index in [0.717, 1.165) is 52.3 Å². The van der Waals surface area contributed by atoms with Crippen LogP contribution in [0.4, 0.5) is 5.82 Å². The zero-order chi connectivity index (χ0) is 19.4. The van der Waals surface area contributed by atoms with Crippen LogP contribution in [0.5, 0.6) is 11.5 Å². The summed E-state index contributed by atoms with van der Waals surface area (Å²) < 4.78 is 11.2. The quantitative estimate of drug-likeness (QED) is 0.640. The molecular weight excluding hydrogens is 338 g/mol. The van der Waals surface area contributed by atoms with E-state index in [1.54, 1.807) is 20.3 Å². The topological polar surface area (TPSA) is 58.4 Å². The Balaban J connectivity index is 2.39. The fourth-order valence-corrected chi connectivity index (χ4v) is 3.33. The highest BCUT2D eigenvalue weighted by Crippen LogP contribution is 2.41. The molecule has 0 unspecified atom stereocenters. The van der Waals surface area contributed by atoms with Gasteiger partial charge in [0, 0.05) is 41.7 Å². The number of fused-ring (bicyclic) bond motifs is 1. The van der Waals surface area contributed by atoms with Crippen LogP contribution in [-0.4, -0.2) is 32.3 Å². The number of hydrogen-bond donors (Lipinski definition) is 0. The van der Waals surface area contributed by atoms with E-state index in [4.69, 9.17) is 14.5 Å². The van der Waals surface area contributed by atoms with Gasteiger partial charge in [0.25, 0.3) is 0 Å². The van der Waals surface area contributed by atoms with Crippen molar-refractivity contribution in [1.82, 2.24) is 4.98 Å². The second-order valence-electron chi connectivity index (χ2n) is 6.11. The van der Waals surface area contributed by atoms with Gasteiger partial charge in [-0.1, -0.05) is 12.1 Å². The number of anilines is 1. The summed E-state index contributed by atoms with van der Waals surface area (Å²) in [7, 11) is 3.30. The molecule has 0 aliphatic rings. The summed E-state index contributed by atoms with van der Waals surface area (Å²) in [5.41, 5.74) is 2.47. The third-order valence-electron chi connectivity index (χ3n) is 4.72. The van der Waals surface area contributed by atoms with E-state index in [1.807, 2.05) is 36.5 Å². The molecule has 0 aliphatic heterocycles. The van der Waals surface area contributed by atoms with E-state index in [0.29, 0.717) is 5.56 Å². The highest BCUT2D eigenvalue weighted by Gasteiger charge is 2.18. The van der Waals surface area contributed by atoms with E-state index in [9.17, 15) is 5.26 Å².